The van der Waals surface area contributed by atoms with Gasteiger partial charge in [0.2, 0.25) is 5.82 Å². The molecule has 1 N–H and O–H groups in total. The summed E-state index contributed by atoms with van der Waals surface area (Å²) in [6.07, 6.45) is 5.71. The lowest BCUT2D eigenvalue weighted by Gasteiger charge is -2.22. The molecular formula is C11H17N3O3S. The highest BCUT2D eigenvalue weighted by Crippen LogP contribution is 2.37. The van der Waals surface area contributed by atoms with Crippen molar-refractivity contribution in [3.63, 3.8) is 0 Å². The fourth-order valence-corrected chi connectivity index (χ4v) is 2.89. The number of nitro groups is 1. The lowest BCUT2D eigenvalue weighted by Crippen LogP contribution is -2.22. The predicted octanol–water partition coefficient (Wildman–Crippen LogP) is 3.19. The number of ether oxygens (including phenoxy) is 1. The van der Waals surface area contributed by atoms with E-state index < -0.39 is 4.92 Å². The first-order valence-corrected chi connectivity index (χ1v) is 7.07. The smallest absolute Gasteiger partial charge is 0.371 e. The Morgan fingerprint density at radius 1 is 1.50 bits per heavy atom. The molecule has 1 heterocycles. The van der Waals surface area contributed by atoms with Crippen LogP contribution in [0.15, 0.2) is 0 Å². The summed E-state index contributed by atoms with van der Waals surface area (Å²) in [7, 11) is 0. The molecule has 0 aromatic carbocycles. The van der Waals surface area contributed by atoms with Crippen molar-refractivity contribution >= 4 is 22.2 Å². The van der Waals surface area contributed by atoms with E-state index in [4.69, 9.17) is 4.74 Å². The second-order valence-corrected chi connectivity index (χ2v) is 5.24. The lowest BCUT2D eigenvalue weighted by molar-refractivity contribution is -0.379. The Morgan fingerprint density at radius 3 is 2.83 bits per heavy atom. The number of thiazole rings is 1. The molecule has 0 aliphatic heterocycles. The first-order chi connectivity index (χ1) is 8.70. The molecule has 1 fully saturated rings. The van der Waals surface area contributed by atoms with Crippen molar-refractivity contribution in [1.29, 1.82) is 0 Å². The number of rotatable bonds is 5. The maximum Gasteiger partial charge on any atom is 0.371 e. The van der Waals surface area contributed by atoms with E-state index in [9.17, 15) is 10.1 Å². The molecule has 0 unspecified atom stereocenters. The molecule has 1 saturated carbocycles. The molecule has 6 nitrogen and oxygen atoms in total. The fraction of sp³-hybridized carbons (Fsp3) is 0.727. The van der Waals surface area contributed by atoms with E-state index in [1.165, 1.54) is 19.3 Å². The molecule has 0 radical (unpaired) electrons. The van der Waals surface area contributed by atoms with Gasteiger partial charge in [-0.3, -0.25) is 10.1 Å². The van der Waals surface area contributed by atoms with Gasteiger partial charge in [0.25, 0.3) is 5.19 Å². The lowest BCUT2D eigenvalue weighted by atomic mass is 9.96. The van der Waals surface area contributed by atoms with E-state index in [2.05, 4.69) is 10.3 Å². The Bertz CT molecular complexity index is 416. The average molecular weight is 271 g/mol. The van der Waals surface area contributed by atoms with Crippen LogP contribution in [0.4, 0.5) is 10.8 Å². The Morgan fingerprint density at radius 2 is 2.22 bits per heavy atom. The summed E-state index contributed by atoms with van der Waals surface area (Å²) in [6.45, 7) is 2.30. The SMILES string of the molecule is CCOc1nc(NC2CCCCC2)c([N+](=O)[O-])s1. The van der Waals surface area contributed by atoms with E-state index in [1.54, 1.807) is 0 Å². The highest BCUT2D eigenvalue weighted by molar-refractivity contribution is 7.17. The third-order valence-electron chi connectivity index (χ3n) is 2.97. The number of anilines is 1. The second-order valence-electron chi connectivity index (χ2n) is 4.30. The monoisotopic (exact) mass is 271 g/mol. The molecule has 1 aliphatic carbocycles. The third kappa shape index (κ3) is 3.10. The van der Waals surface area contributed by atoms with Gasteiger partial charge < -0.3 is 10.1 Å². The minimum Gasteiger partial charge on any atom is -0.470 e. The molecule has 18 heavy (non-hydrogen) atoms. The first kappa shape index (κ1) is 13.1. The van der Waals surface area contributed by atoms with Crippen LogP contribution in [0.3, 0.4) is 0 Å². The molecular weight excluding hydrogens is 254 g/mol. The predicted molar refractivity (Wildman–Crippen MR) is 70.4 cm³/mol. The number of hydrogen-bond donors (Lipinski definition) is 1. The Hall–Kier alpha value is -1.37. The van der Waals surface area contributed by atoms with Crippen molar-refractivity contribution in [3.05, 3.63) is 10.1 Å². The highest BCUT2D eigenvalue weighted by Gasteiger charge is 2.25. The minimum atomic E-state index is -0.397. The molecule has 100 valence electrons. The van der Waals surface area contributed by atoms with Gasteiger partial charge in [-0.2, -0.15) is 4.98 Å². The van der Waals surface area contributed by atoms with Crippen LogP contribution < -0.4 is 10.1 Å². The molecule has 2 rings (SSSR count). The molecule has 1 aliphatic rings. The summed E-state index contributed by atoms with van der Waals surface area (Å²) in [5.74, 6) is 0.361. The Labute approximate surface area is 110 Å². The van der Waals surface area contributed by atoms with Gasteiger partial charge >= 0.3 is 5.00 Å². The Kier molecular flexibility index (Phi) is 4.35. The van der Waals surface area contributed by atoms with Crippen LogP contribution >= 0.6 is 11.3 Å². The number of hydrogen-bond acceptors (Lipinski definition) is 6. The second kappa shape index (κ2) is 5.99. The maximum absolute atomic E-state index is 11.0. The molecule has 0 atom stereocenters. The fourth-order valence-electron chi connectivity index (χ4n) is 2.14. The number of nitrogens with zero attached hydrogens (tertiary/aromatic N) is 2. The molecule has 0 saturated heterocycles. The third-order valence-corrected chi connectivity index (χ3v) is 3.89. The highest BCUT2D eigenvalue weighted by atomic mass is 32.1. The van der Waals surface area contributed by atoms with E-state index >= 15 is 0 Å². The topological polar surface area (TPSA) is 77.3 Å². The van der Waals surface area contributed by atoms with Gasteiger partial charge in [-0.15, -0.1) is 0 Å². The summed E-state index contributed by atoms with van der Waals surface area (Å²) < 4.78 is 5.23. The zero-order chi connectivity index (χ0) is 13.0. The van der Waals surface area contributed by atoms with Crippen LogP contribution in [0.1, 0.15) is 39.0 Å². The number of aromatic nitrogens is 1. The first-order valence-electron chi connectivity index (χ1n) is 6.25. The normalized spacial score (nSPS) is 16.5. The minimum absolute atomic E-state index is 0.0454. The van der Waals surface area contributed by atoms with Gasteiger partial charge in [-0.05, 0) is 31.1 Å². The zero-order valence-corrected chi connectivity index (χ0v) is 11.2. The maximum atomic E-state index is 11.0. The van der Waals surface area contributed by atoms with Crippen LogP contribution in [0.2, 0.25) is 0 Å². The quantitative estimate of drug-likeness (QED) is 0.657. The van der Waals surface area contributed by atoms with Crippen molar-refractivity contribution in [2.45, 2.75) is 45.1 Å². The molecule has 0 bridgehead atoms. The van der Waals surface area contributed by atoms with Gasteiger partial charge in [0.15, 0.2) is 0 Å². The van der Waals surface area contributed by atoms with Crippen LogP contribution in [0.25, 0.3) is 0 Å². The van der Waals surface area contributed by atoms with Gasteiger partial charge in [-0.25, -0.2) is 0 Å². The average Bonchev–Trinajstić information content (AvgIpc) is 2.74. The van der Waals surface area contributed by atoms with Crippen molar-refractivity contribution in [2.75, 3.05) is 11.9 Å². The van der Waals surface area contributed by atoms with Crippen LogP contribution in [0.5, 0.6) is 5.19 Å². The van der Waals surface area contributed by atoms with Gasteiger partial charge in [-0.1, -0.05) is 19.3 Å². The van der Waals surface area contributed by atoms with Crippen LogP contribution in [0, 0.1) is 10.1 Å². The Balaban J connectivity index is 2.11. The largest absolute Gasteiger partial charge is 0.470 e. The van der Waals surface area contributed by atoms with Gasteiger partial charge in [0.1, 0.15) is 0 Å². The van der Waals surface area contributed by atoms with Crippen LogP contribution in [-0.4, -0.2) is 22.6 Å². The number of nitrogens with one attached hydrogen (secondary N) is 1. The molecule has 7 heteroatoms. The standard InChI is InChI=1S/C11H17N3O3S/c1-2-17-11-13-9(10(18-11)14(15)16)12-8-6-4-3-5-7-8/h8,12H,2-7H2,1H3. The summed E-state index contributed by atoms with van der Waals surface area (Å²) in [6, 6.07) is 0.300. The van der Waals surface area contributed by atoms with Crippen LogP contribution in [-0.2, 0) is 0 Å². The van der Waals surface area contributed by atoms with E-state index in [0.717, 1.165) is 24.2 Å². The summed E-state index contributed by atoms with van der Waals surface area (Å²) in [5.41, 5.74) is 0. The molecule has 0 amide bonds. The van der Waals surface area contributed by atoms with Crippen molar-refractivity contribution < 1.29 is 9.66 Å². The molecule has 1 aromatic rings. The summed E-state index contributed by atoms with van der Waals surface area (Å²) in [4.78, 5) is 14.7. The summed E-state index contributed by atoms with van der Waals surface area (Å²) in [5, 5.41) is 14.6. The molecule has 1 aromatic heterocycles. The van der Waals surface area contributed by atoms with E-state index in [-0.39, 0.29) is 5.00 Å². The van der Waals surface area contributed by atoms with E-state index in [0.29, 0.717) is 23.7 Å². The van der Waals surface area contributed by atoms with Gasteiger partial charge in [0.05, 0.1) is 11.5 Å². The van der Waals surface area contributed by atoms with E-state index in [1.807, 2.05) is 6.92 Å². The molecule has 0 spiro atoms. The summed E-state index contributed by atoms with van der Waals surface area (Å²) >= 11 is 0.986. The van der Waals surface area contributed by atoms with Crippen molar-refractivity contribution in [3.8, 4) is 5.19 Å². The van der Waals surface area contributed by atoms with Crippen molar-refractivity contribution in [1.82, 2.24) is 4.98 Å². The van der Waals surface area contributed by atoms with Crippen molar-refractivity contribution in [2.24, 2.45) is 0 Å². The zero-order valence-electron chi connectivity index (χ0n) is 10.3. The van der Waals surface area contributed by atoms with Gasteiger partial charge in [0, 0.05) is 6.04 Å².